The van der Waals surface area contributed by atoms with Gasteiger partial charge in [0.2, 0.25) is 0 Å². The number of aromatic nitrogens is 5. The van der Waals surface area contributed by atoms with Crippen LogP contribution in [0.3, 0.4) is 0 Å². The topological polar surface area (TPSA) is 101 Å². The van der Waals surface area contributed by atoms with Crippen LogP contribution in [-0.4, -0.2) is 39.4 Å². The minimum absolute atomic E-state index is 0.155. The van der Waals surface area contributed by atoms with Gasteiger partial charge in [0.15, 0.2) is 5.82 Å². The quantitative estimate of drug-likeness (QED) is 0.226. The first-order chi connectivity index (χ1) is 16.2. The third-order valence-electron chi connectivity index (χ3n) is 5.18. The zero-order valence-electron chi connectivity index (χ0n) is 19.3. The fraction of sp³-hybridized carbons (Fsp3) is 0.304. The van der Waals surface area contributed by atoms with Crippen LogP contribution in [0.1, 0.15) is 5.82 Å². The monoisotopic (exact) mass is 516 g/mol. The maximum atomic E-state index is 6.45. The molecule has 0 amide bonds. The van der Waals surface area contributed by atoms with Crippen LogP contribution in [-0.2, 0) is 18.1 Å². The van der Waals surface area contributed by atoms with E-state index in [1.165, 1.54) is 6.33 Å². The van der Waals surface area contributed by atoms with Crippen molar-refractivity contribution < 1.29 is 9.47 Å². The Bertz CT molecular complexity index is 1310. The summed E-state index contributed by atoms with van der Waals surface area (Å²) in [5.74, 6) is 1.35. The first-order valence-electron chi connectivity index (χ1n) is 10.8. The lowest BCUT2D eigenvalue weighted by molar-refractivity contribution is 0.0778. The summed E-state index contributed by atoms with van der Waals surface area (Å²) in [5.41, 5.74) is 8.35. The number of nitrogens with two attached hydrogens (primary N) is 1. The van der Waals surface area contributed by atoms with Gasteiger partial charge in [0.05, 0.1) is 20.9 Å². The van der Waals surface area contributed by atoms with Crippen molar-refractivity contribution in [2.45, 2.75) is 39.0 Å². The molecule has 2 aromatic carbocycles. The maximum absolute atomic E-state index is 6.45. The van der Waals surface area contributed by atoms with E-state index in [0.717, 1.165) is 23.8 Å². The number of nitrogen functional groups attached to an aromatic ring is 1. The standard InChI is InChI=1S/C23H26Cl2N6O2Si/c1-34(2,3)10-9-32-14-31-13-29-19(30-31)11-33-18-8-7-16(15-5-4-6-17(24)21(15)25)22-20(18)23(26)28-12-27-22/h4-8,12-13H,9-11,14H2,1-3H3,(H2,26,27,28). The molecule has 0 aliphatic heterocycles. The number of hydrogen-bond acceptors (Lipinski definition) is 7. The normalized spacial score (nSPS) is 11.8. The van der Waals surface area contributed by atoms with Gasteiger partial charge in [0, 0.05) is 25.8 Å². The minimum atomic E-state index is -1.12. The summed E-state index contributed by atoms with van der Waals surface area (Å²) in [6.45, 7) is 8.19. The molecule has 178 valence electrons. The number of hydrogen-bond donors (Lipinski definition) is 1. The van der Waals surface area contributed by atoms with E-state index in [-0.39, 0.29) is 6.61 Å². The van der Waals surface area contributed by atoms with E-state index in [1.807, 2.05) is 24.3 Å². The molecule has 0 radical (unpaired) electrons. The largest absolute Gasteiger partial charge is 0.485 e. The van der Waals surface area contributed by atoms with Crippen molar-refractivity contribution in [2.75, 3.05) is 12.3 Å². The predicted octanol–water partition coefficient (Wildman–Crippen LogP) is 5.67. The summed E-state index contributed by atoms with van der Waals surface area (Å²) < 4.78 is 13.4. The second-order valence-corrected chi connectivity index (χ2v) is 15.4. The Hall–Kier alpha value is -2.72. The number of ether oxygens (including phenoxy) is 2. The van der Waals surface area contributed by atoms with Crippen LogP contribution in [0.2, 0.25) is 35.7 Å². The Morgan fingerprint density at radius 2 is 1.85 bits per heavy atom. The van der Waals surface area contributed by atoms with Gasteiger partial charge >= 0.3 is 0 Å². The van der Waals surface area contributed by atoms with Crippen LogP contribution in [0, 0.1) is 0 Å². The average Bonchev–Trinajstić information content (AvgIpc) is 3.24. The number of nitrogens with zero attached hydrogens (tertiary/aromatic N) is 5. The number of halogens is 2. The lowest BCUT2D eigenvalue weighted by Crippen LogP contribution is -2.22. The van der Waals surface area contributed by atoms with Crippen LogP contribution in [0.25, 0.3) is 22.0 Å². The van der Waals surface area contributed by atoms with Crippen LogP contribution in [0.4, 0.5) is 5.82 Å². The van der Waals surface area contributed by atoms with Crippen molar-refractivity contribution in [3.63, 3.8) is 0 Å². The molecule has 0 atom stereocenters. The molecule has 8 nitrogen and oxygen atoms in total. The van der Waals surface area contributed by atoms with Crippen molar-refractivity contribution in [1.82, 2.24) is 24.7 Å². The molecule has 34 heavy (non-hydrogen) atoms. The van der Waals surface area contributed by atoms with Gasteiger partial charge in [-0.05, 0) is 24.2 Å². The molecule has 0 fully saturated rings. The van der Waals surface area contributed by atoms with E-state index in [2.05, 4.69) is 39.7 Å². The lowest BCUT2D eigenvalue weighted by atomic mass is 10.0. The Kier molecular flexibility index (Phi) is 7.37. The molecule has 0 saturated carbocycles. The molecule has 0 aliphatic carbocycles. The zero-order valence-corrected chi connectivity index (χ0v) is 21.8. The highest BCUT2D eigenvalue weighted by Gasteiger charge is 2.17. The van der Waals surface area contributed by atoms with E-state index in [4.69, 9.17) is 38.4 Å². The summed E-state index contributed by atoms with van der Waals surface area (Å²) in [4.78, 5) is 12.9. The Morgan fingerprint density at radius 1 is 1.03 bits per heavy atom. The Balaban J connectivity index is 1.52. The molecule has 0 spiro atoms. The molecule has 0 bridgehead atoms. The van der Waals surface area contributed by atoms with Gasteiger partial charge in [-0.2, -0.15) is 5.10 Å². The van der Waals surface area contributed by atoms with E-state index in [1.54, 1.807) is 17.1 Å². The first kappa shape index (κ1) is 24.4. The summed E-state index contributed by atoms with van der Waals surface area (Å²) in [6, 6.07) is 10.2. The molecule has 4 aromatic rings. The summed E-state index contributed by atoms with van der Waals surface area (Å²) in [7, 11) is -1.12. The molecule has 11 heteroatoms. The Morgan fingerprint density at radius 3 is 2.65 bits per heavy atom. The van der Waals surface area contributed by atoms with E-state index in [9.17, 15) is 0 Å². The summed E-state index contributed by atoms with van der Waals surface area (Å²) in [5, 5.41) is 5.91. The molecular formula is C23H26Cl2N6O2Si. The third kappa shape index (κ3) is 5.67. The Labute approximate surface area is 209 Å². The zero-order chi connectivity index (χ0) is 24.3. The molecule has 2 N–H and O–H groups in total. The SMILES string of the molecule is C[Si](C)(C)CCOCn1cnc(COc2ccc(-c3cccc(Cl)c3Cl)c3ncnc(N)c23)n1. The fourth-order valence-corrected chi connectivity index (χ4v) is 4.52. The second kappa shape index (κ2) is 10.3. The van der Waals surface area contributed by atoms with Gasteiger partial charge < -0.3 is 15.2 Å². The van der Waals surface area contributed by atoms with Gasteiger partial charge in [0.1, 0.15) is 37.6 Å². The number of fused-ring (bicyclic) bond motifs is 1. The molecular weight excluding hydrogens is 491 g/mol. The molecule has 2 aromatic heterocycles. The van der Waals surface area contributed by atoms with E-state index in [0.29, 0.717) is 45.1 Å². The smallest absolute Gasteiger partial charge is 0.188 e. The average molecular weight is 517 g/mol. The highest BCUT2D eigenvalue weighted by Crippen LogP contribution is 2.40. The van der Waals surface area contributed by atoms with Crippen molar-refractivity contribution in [2.24, 2.45) is 0 Å². The summed E-state index contributed by atoms with van der Waals surface area (Å²) >= 11 is 12.7. The molecule has 4 rings (SSSR count). The maximum Gasteiger partial charge on any atom is 0.188 e. The molecule has 0 aliphatic rings. The first-order valence-corrected chi connectivity index (χ1v) is 15.3. The van der Waals surface area contributed by atoms with Crippen molar-refractivity contribution in [3.8, 4) is 16.9 Å². The van der Waals surface area contributed by atoms with Crippen LogP contribution in [0.5, 0.6) is 5.75 Å². The molecule has 2 heterocycles. The van der Waals surface area contributed by atoms with Crippen molar-refractivity contribution in [3.05, 3.63) is 58.9 Å². The summed E-state index contributed by atoms with van der Waals surface area (Å²) in [6.07, 6.45) is 3.04. The lowest BCUT2D eigenvalue weighted by Gasteiger charge is -2.15. The van der Waals surface area contributed by atoms with E-state index < -0.39 is 8.07 Å². The van der Waals surface area contributed by atoms with Crippen LogP contribution < -0.4 is 10.5 Å². The number of rotatable bonds is 9. The minimum Gasteiger partial charge on any atom is -0.485 e. The van der Waals surface area contributed by atoms with Crippen LogP contribution >= 0.6 is 23.2 Å². The van der Waals surface area contributed by atoms with Crippen molar-refractivity contribution in [1.29, 1.82) is 0 Å². The predicted molar refractivity (Wildman–Crippen MR) is 138 cm³/mol. The number of anilines is 1. The van der Waals surface area contributed by atoms with Gasteiger partial charge in [0.25, 0.3) is 0 Å². The molecule has 0 unspecified atom stereocenters. The van der Waals surface area contributed by atoms with Gasteiger partial charge in [-0.3, -0.25) is 0 Å². The second-order valence-electron chi connectivity index (χ2n) is 9.03. The highest BCUT2D eigenvalue weighted by atomic mass is 35.5. The van der Waals surface area contributed by atoms with Crippen molar-refractivity contribution >= 4 is 48.0 Å². The third-order valence-corrected chi connectivity index (χ3v) is 7.70. The fourth-order valence-electron chi connectivity index (χ4n) is 3.36. The van der Waals surface area contributed by atoms with Gasteiger partial charge in [-0.15, -0.1) is 0 Å². The van der Waals surface area contributed by atoms with Gasteiger partial charge in [-0.1, -0.05) is 55.0 Å². The molecule has 0 saturated heterocycles. The van der Waals surface area contributed by atoms with E-state index >= 15 is 0 Å². The van der Waals surface area contributed by atoms with Crippen LogP contribution in [0.15, 0.2) is 43.0 Å². The number of benzene rings is 2. The van der Waals surface area contributed by atoms with Gasteiger partial charge in [-0.25, -0.2) is 19.6 Å². The highest BCUT2D eigenvalue weighted by molar-refractivity contribution is 6.76.